The number of hydrogen-bond acceptors (Lipinski definition) is 4. The third-order valence-corrected chi connectivity index (χ3v) is 6.48. The van der Waals surface area contributed by atoms with Crippen molar-refractivity contribution >= 4 is 33.4 Å². The van der Waals surface area contributed by atoms with Crippen LogP contribution in [-0.4, -0.2) is 50.7 Å². The van der Waals surface area contributed by atoms with Crippen LogP contribution in [0.25, 0.3) is 10.2 Å². The normalized spacial score (nSPS) is 22.2. The molecular formula is C17H20N2O4S. The Morgan fingerprint density at radius 1 is 1.46 bits per heavy atom. The molecule has 128 valence electrons. The van der Waals surface area contributed by atoms with Crippen LogP contribution >= 0.6 is 11.3 Å². The number of carbonyl (C=O) groups is 2. The highest BCUT2D eigenvalue weighted by Crippen LogP contribution is 2.50. The van der Waals surface area contributed by atoms with Gasteiger partial charge in [0.2, 0.25) is 0 Å². The van der Waals surface area contributed by atoms with Crippen molar-refractivity contribution in [3.63, 3.8) is 0 Å². The van der Waals surface area contributed by atoms with Crippen molar-refractivity contribution in [3.8, 4) is 0 Å². The molecule has 1 spiro atoms. The first-order valence-corrected chi connectivity index (χ1v) is 9.05. The summed E-state index contributed by atoms with van der Waals surface area (Å²) in [7, 11) is 0. The molecule has 2 aromatic heterocycles. The van der Waals surface area contributed by atoms with E-state index in [-0.39, 0.29) is 29.5 Å². The highest BCUT2D eigenvalue weighted by atomic mass is 32.1. The number of fused-ring (bicyclic) bond motifs is 1. The summed E-state index contributed by atoms with van der Waals surface area (Å²) in [6.07, 6.45) is 3.66. The largest absolute Gasteiger partial charge is 0.478 e. The van der Waals surface area contributed by atoms with Gasteiger partial charge in [0.05, 0.1) is 15.8 Å². The molecule has 3 heterocycles. The molecule has 6 nitrogen and oxygen atoms in total. The average molecular weight is 348 g/mol. The maximum atomic E-state index is 13.0. The van der Waals surface area contributed by atoms with E-state index in [1.165, 1.54) is 11.3 Å². The van der Waals surface area contributed by atoms with Gasteiger partial charge in [-0.15, -0.1) is 11.3 Å². The SMILES string of the molecule is Cc1sc2cc(C(=O)N3CCC(CO)CC34CC4)[nH]c2c1C(=O)O. The van der Waals surface area contributed by atoms with Crippen LogP contribution in [0.15, 0.2) is 6.07 Å². The van der Waals surface area contributed by atoms with Gasteiger partial charge in [0.1, 0.15) is 5.69 Å². The van der Waals surface area contributed by atoms with E-state index in [2.05, 4.69) is 4.98 Å². The van der Waals surface area contributed by atoms with Crippen molar-refractivity contribution in [2.24, 2.45) is 5.92 Å². The fourth-order valence-electron chi connectivity index (χ4n) is 4.00. The predicted molar refractivity (Wildman–Crippen MR) is 90.7 cm³/mol. The predicted octanol–water partition coefficient (Wildman–Crippen LogP) is 2.61. The van der Waals surface area contributed by atoms with Crippen molar-refractivity contribution < 1.29 is 19.8 Å². The fourth-order valence-corrected chi connectivity index (χ4v) is 5.05. The maximum Gasteiger partial charge on any atom is 0.338 e. The molecule has 2 aliphatic rings. The van der Waals surface area contributed by atoms with E-state index in [4.69, 9.17) is 0 Å². The summed E-state index contributed by atoms with van der Waals surface area (Å²) < 4.78 is 0.809. The first kappa shape index (κ1) is 15.7. The van der Waals surface area contributed by atoms with Crippen LogP contribution in [0.3, 0.4) is 0 Å². The number of carbonyl (C=O) groups excluding carboxylic acids is 1. The second kappa shape index (κ2) is 5.32. The molecule has 2 aromatic rings. The molecule has 1 aliphatic heterocycles. The van der Waals surface area contributed by atoms with Crippen molar-refractivity contribution in [1.29, 1.82) is 0 Å². The minimum Gasteiger partial charge on any atom is -0.478 e. The zero-order valence-corrected chi connectivity index (χ0v) is 14.3. The molecule has 2 fully saturated rings. The molecule has 1 amide bonds. The van der Waals surface area contributed by atoms with E-state index in [0.29, 0.717) is 17.8 Å². The van der Waals surface area contributed by atoms with Crippen molar-refractivity contribution in [3.05, 3.63) is 22.2 Å². The van der Waals surface area contributed by atoms with E-state index < -0.39 is 5.97 Å². The van der Waals surface area contributed by atoms with Crippen molar-refractivity contribution in [2.45, 2.75) is 38.1 Å². The second-order valence-electron chi connectivity index (χ2n) is 6.98. The van der Waals surface area contributed by atoms with E-state index in [0.717, 1.165) is 35.3 Å². The number of thiophene rings is 1. The molecular weight excluding hydrogens is 328 g/mol. The summed E-state index contributed by atoms with van der Waals surface area (Å²) in [4.78, 5) is 30.1. The lowest BCUT2D eigenvalue weighted by Crippen LogP contribution is -2.48. The highest BCUT2D eigenvalue weighted by molar-refractivity contribution is 7.19. The number of aliphatic hydroxyl groups excluding tert-OH is 1. The quantitative estimate of drug-likeness (QED) is 0.795. The number of H-pyrrole nitrogens is 1. The van der Waals surface area contributed by atoms with Crippen LogP contribution in [0.2, 0.25) is 0 Å². The van der Waals surface area contributed by atoms with Crippen LogP contribution in [0.5, 0.6) is 0 Å². The Morgan fingerprint density at radius 3 is 2.83 bits per heavy atom. The maximum absolute atomic E-state index is 13.0. The zero-order chi connectivity index (χ0) is 17.1. The van der Waals surface area contributed by atoms with Crippen LogP contribution < -0.4 is 0 Å². The zero-order valence-electron chi connectivity index (χ0n) is 13.5. The monoisotopic (exact) mass is 348 g/mol. The minimum absolute atomic E-state index is 0.0544. The van der Waals surface area contributed by atoms with E-state index in [1.807, 2.05) is 4.90 Å². The van der Waals surface area contributed by atoms with Gasteiger partial charge in [-0.3, -0.25) is 4.79 Å². The Bertz CT molecular complexity index is 833. The molecule has 7 heteroatoms. The number of aromatic carboxylic acids is 1. The van der Waals surface area contributed by atoms with Crippen LogP contribution in [0.1, 0.15) is 51.4 Å². The number of likely N-dealkylation sites (tertiary alicyclic amines) is 1. The lowest BCUT2D eigenvalue weighted by molar-refractivity contribution is 0.0416. The minimum atomic E-state index is -0.970. The molecule has 1 atom stereocenters. The molecule has 3 N–H and O–H groups in total. The van der Waals surface area contributed by atoms with Crippen LogP contribution in [0.4, 0.5) is 0 Å². The van der Waals surface area contributed by atoms with Gasteiger partial charge >= 0.3 is 5.97 Å². The Kier molecular flexibility index (Phi) is 3.47. The lowest BCUT2D eigenvalue weighted by atomic mass is 9.89. The Morgan fingerprint density at radius 2 is 2.21 bits per heavy atom. The van der Waals surface area contributed by atoms with Crippen molar-refractivity contribution in [2.75, 3.05) is 13.2 Å². The summed E-state index contributed by atoms with van der Waals surface area (Å²) >= 11 is 1.40. The van der Waals surface area contributed by atoms with Gasteiger partial charge in [-0.2, -0.15) is 0 Å². The summed E-state index contributed by atoms with van der Waals surface area (Å²) in [6.45, 7) is 2.62. The molecule has 0 aromatic carbocycles. The van der Waals surface area contributed by atoms with E-state index in [1.54, 1.807) is 13.0 Å². The number of piperidine rings is 1. The number of aryl methyl sites for hydroxylation is 1. The summed E-state index contributed by atoms with van der Waals surface area (Å²) in [6, 6.07) is 1.77. The Hall–Kier alpha value is -1.86. The lowest BCUT2D eigenvalue weighted by Gasteiger charge is -2.39. The van der Waals surface area contributed by atoms with Gasteiger partial charge in [-0.25, -0.2) is 4.79 Å². The number of hydrogen-bond donors (Lipinski definition) is 3. The molecule has 1 aliphatic carbocycles. The number of nitrogens with zero attached hydrogens (tertiary/aromatic N) is 1. The van der Waals surface area contributed by atoms with Gasteiger partial charge in [0.25, 0.3) is 5.91 Å². The molecule has 1 saturated heterocycles. The number of aliphatic hydroxyl groups is 1. The van der Waals surface area contributed by atoms with Gasteiger partial charge in [0, 0.05) is 23.6 Å². The molecule has 1 saturated carbocycles. The molecule has 4 rings (SSSR count). The molecule has 24 heavy (non-hydrogen) atoms. The number of aromatic nitrogens is 1. The molecule has 0 bridgehead atoms. The third kappa shape index (κ3) is 2.26. The third-order valence-electron chi connectivity index (χ3n) is 5.42. The number of carboxylic acid groups (broad SMARTS) is 1. The van der Waals surface area contributed by atoms with Gasteiger partial charge < -0.3 is 20.1 Å². The second-order valence-corrected chi connectivity index (χ2v) is 8.24. The average Bonchev–Trinajstić information content (AvgIpc) is 3.05. The summed E-state index contributed by atoms with van der Waals surface area (Å²) in [5.41, 5.74) is 1.18. The number of amides is 1. The molecule has 1 unspecified atom stereocenters. The van der Waals surface area contributed by atoms with Gasteiger partial charge in [-0.05, 0) is 44.6 Å². The number of aromatic amines is 1. The highest BCUT2D eigenvalue weighted by Gasteiger charge is 2.53. The number of carboxylic acids is 1. The first-order chi connectivity index (χ1) is 11.4. The van der Waals surface area contributed by atoms with Crippen molar-refractivity contribution in [1.82, 2.24) is 9.88 Å². The summed E-state index contributed by atoms with van der Waals surface area (Å²) in [5.74, 6) is -0.742. The van der Waals surface area contributed by atoms with Gasteiger partial charge in [0.15, 0.2) is 0 Å². The van der Waals surface area contributed by atoms with Crippen LogP contribution in [-0.2, 0) is 0 Å². The topological polar surface area (TPSA) is 93.6 Å². The first-order valence-electron chi connectivity index (χ1n) is 8.23. The summed E-state index contributed by atoms with van der Waals surface area (Å²) in [5, 5.41) is 18.8. The molecule has 0 radical (unpaired) electrons. The van der Waals surface area contributed by atoms with E-state index >= 15 is 0 Å². The Balaban J connectivity index is 1.65. The number of nitrogens with one attached hydrogen (secondary N) is 1. The fraction of sp³-hybridized carbons (Fsp3) is 0.529. The standard InChI is InChI=1S/C17H20N2O4S/c1-9-13(16(22)23)14-12(24-9)6-11(18-14)15(21)19-5-2-10(8-20)7-17(19)3-4-17/h6,10,18,20H,2-5,7-8H2,1H3,(H,22,23). The smallest absolute Gasteiger partial charge is 0.338 e. The van der Waals surface area contributed by atoms with Gasteiger partial charge in [-0.1, -0.05) is 0 Å². The van der Waals surface area contributed by atoms with E-state index in [9.17, 15) is 19.8 Å². The number of rotatable bonds is 3. The Labute approximate surface area is 143 Å². The van der Waals surface area contributed by atoms with Crippen LogP contribution in [0, 0.1) is 12.8 Å².